The van der Waals surface area contributed by atoms with Gasteiger partial charge in [-0.1, -0.05) is 57.5 Å². The van der Waals surface area contributed by atoms with Gasteiger partial charge in [-0.05, 0) is 71.3 Å². The van der Waals surface area contributed by atoms with Crippen LogP contribution in [0, 0.1) is 17.8 Å². The van der Waals surface area contributed by atoms with Crippen molar-refractivity contribution < 1.29 is 43.3 Å². The summed E-state index contributed by atoms with van der Waals surface area (Å²) in [5.74, 6) is -4.93. The molecule has 272 valence electrons. The molecule has 4 N–H and O–H groups in total. The second-order valence-corrected chi connectivity index (χ2v) is 14.7. The van der Waals surface area contributed by atoms with Crippen molar-refractivity contribution in [3.63, 3.8) is 0 Å². The zero-order valence-electron chi connectivity index (χ0n) is 30.0. The molecule has 0 aromatic heterocycles. The van der Waals surface area contributed by atoms with Gasteiger partial charge in [0.25, 0.3) is 5.91 Å². The summed E-state index contributed by atoms with van der Waals surface area (Å²) in [6.07, 6.45) is -0.304. The first-order valence-electron chi connectivity index (χ1n) is 17.3. The summed E-state index contributed by atoms with van der Waals surface area (Å²) in [5.41, 5.74) is -0.0929. The monoisotopic (exact) mass is 686 g/mol. The summed E-state index contributed by atoms with van der Waals surface area (Å²) >= 11 is 0. The minimum atomic E-state index is -1.24. The SMILES string of the molecule is CCCC(NC(=O)[C@@H]1[C@H]2CCC(O)[C@H]2CN1C(=O)[C@@H](NC(=O)OC(C)C)C(C)C)C(=O)C(=O)N[C@@H](Cc1ccccc1)C(=O)OC(C)(C)C. The van der Waals surface area contributed by atoms with Crippen molar-refractivity contribution in [2.45, 2.75) is 129 Å². The van der Waals surface area contributed by atoms with E-state index in [1.165, 1.54) is 4.90 Å². The predicted molar refractivity (Wildman–Crippen MR) is 181 cm³/mol. The van der Waals surface area contributed by atoms with Crippen LogP contribution in [0.25, 0.3) is 0 Å². The molecule has 1 aliphatic carbocycles. The number of hydrogen-bond acceptors (Lipinski definition) is 9. The number of aliphatic hydroxyl groups is 1. The Kier molecular flexibility index (Phi) is 13.8. The fraction of sp³-hybridized carbons (Fsp3) is 0.667. The van der Waals surface area contributed by atoms with Crippen molar-refractivity contribution in [2.24, 2.45) is 17.8 Å². The molecule has 1 aromatic carbocycles. The lowest BCUT2D eigenvalue weighted by atomic mass is 9.92. The van der Waals surface area contributed by atoms with Crippen LogP contribution in [0.4, 0.5) is 4.79 Å². The standard InChI is InChI=1S/C36H54N4O9/c1-9-13-25(30(42)32(44)38-26(34(46)49-36(6,7)8)18-22-14-11-10-12-15-22)37-31(43)29-23-16-17-27(41)24(23)19-40(29)33(45)28(20(2)3)39-35(47)48-21(4)5/h10-12,14-15,20-21,23-29,41H,9,13,16-19H2,1-8H3,(H,37,43)(H,38,44)(H,39,47)/t23-,24-,25?,26-,27?,28-,29-/m0/s1. The van der Waals surface area contributed by atoms with Crippen molar-refractivity contribution >= 4 is 35.6 Å². The van der Waals surface area contributed by atoms with Gasteiger partial charge in [-0.3, -0.25) is 19.2 Å². The number of Topliss-reactive ketones (excluding diaryl/α,β-unsaturated/α-hetero) is 1. The number of carbonyl (C=O) groups excluding carboxylic acids is 6. The molecule has 7 atom stereocenters. The van der Waals surface area contributed by atoms with E-state index in [0.29, 0.717) is 19.3 Å². The lowest BCUT2D eigenvalue weighted by molar-refractivity contribution is -0.159. The number of nitrogens with zero attached hydrogens (tertiary/aromatic N) is 1. The van der Waals surface area contributed by atoms with Gasteiger partial charge in [0.15, 0.2) is 0 Å². The fourth-order valence-electron chi connectivity index (χ4n) is 6.55. The number of benzene rings is 1. The van der Waals surface area contributed by atoms with Gasteiger partial charge in [0, 0.05) is 18.9 Å². The summed E-state index contributed by atoms with van der Waals surface area (Å²) in [6.45, 7) is 13.9. The quantitative estimate of drug-likeness (QED) is 0.169. The number of ether oxygens (including phenoxy) is 2. The molecule has 13 heteroatoms. The number of aliphatic hydroxyl groups excluding tert-OH is 1. The molecule has 0 spiro atoms. The highest BCUT2D eigenvalue weighted by molar-refractivity contribution is 6.38. The maximum Gasteiger partial charge on any atom is 0.408 e. The highest BCUT2D eigenvalue weighted by Crippen LogP contribution is 2.43. The normalized spacial score (nSPS) is 22.1. The Morgan fingerprint density at radius 3 is 2.14 bits per heavy atom. The average Bonchev–Trinajstić information content (AvgIpc) is 3.57. The first-order chi connectivity index (χ1) is 22.9. The Labute approximate surface area is 289 Å². The zero-order valence-corrected chi connectivity index (χ0v) is 30.0. The average molecular weight is 687 g/mol. The molecule has 49 heavy (non-hydrogen) atoms. The Bertz CT molecular complexity index is 1340. The lowest BCUT2D eigenvalue weighted by Gasteiger charge is -2.33. The molecule has 4 amide bonds. The summed E-state index contributed by atoms with van der Waals surface area (Å²) in [7, 11) is 0. The van der Waals surface area contributed by atoms with Crippen LogP contribution in [-0.2, 0) is 39.9 Å². The number of rotatable bonds is 14. The van der Waals surface area contributed by atoms with Crippen LogP contribution in [-0.4, -0.2) is 94.1 Å². The number of nitrogens with one attached hydrogen (secondary N) is 3. The van der Waals surface area contributed by atoms with Crippen molar-refractivity contribution in [3.8, 4) is 0 Å². The summed E-state index contributed by atoms with van der Waals surface area (Å²) in [6, 6.07) is 4.54. The number of esters is 1. The molecule has 0 radical (unpaired) electrons. The number of ketones is 1. The zero-order chi connectivity index (χ0) is 36.6. The number of amides is 4. The van der Waals surface area contributed by atoms with Crippen LogP contribution in [0.3, 0.4) is 0 Å². The van der Waals surface area contributed by atoms with E-state index in [-0.39, 0.29) is 37.1 Å². The first kappa shape index (κ1) is 39.4. The van der Waals surface area contributed by atoms with Crippen LogP contribution in [0.15, 0.2) is 30.3 Å². The number of hydrogen-bond donors (Lipinski definition) is 4. The molecular formula is C36H54N4O9. The molecule has 1 saturated heterocycles. The highest BCUT2D eigenvalue weighted by atomic mass is 16.6. The number of fused-ring (bicyclic) bond motifs is 1. The summed E-state index contributed by atoms with van der Waals surface area (Å²) in [5, 5.41) is 18.6. The Morgan fingerprint density at radius 1 is 0.918 bits per heavy atom. The van der Waals surface area contributed by atoms with E-state index in [1.807, 2.05) is 6.07 Å². The van der Waals surface area contributed by atoms with Crippen LogP contribution in [0.2, 0.25) is 0 Å². The fourth-order valence-corrected chi connectivity index (χ4v) is 6.55. The van der Waals surface area contributed by atoms with E-state index < -0.39 is 77.5 Å². The lowest BCUT2D eigenvalue weighted by Crippen LogP contribution is -2.59. The number of carbonyl (C=O) groups is 6. The van der Waals surface area contributed by atoms with Gasteiger partial charge in [-0.2, -0.15) is 0 Å². The van der Waals surface area contributed by atoms with Gasteiger partial charge < -0.3 is 35.4 Å². The van der Waals surface area contributed by atoms with Crippen LogP contribution in [0.1, 0.15) is 86.6 Å². The third-order valence-electron chi connectivity index (χ3n) is 8.80. The molecule has 1 heterocycles. The minimum absolute atomic E-state index is 0.0832. The third-order valence-corrected chi connectivity index (χ3v) is 8.80. The molecule has 1 aromatic rings. The highest BCUT2D eigenvalue weighted by Gasteiger charge is 2.54. The van der Waals surface area contributed by atoms with Gasteiger partial charge in [-0.25, -0.2) is 9.59 Å². The van der Waals surface area contributed by atoms with Gasteiger partial charge in [0.05, 0.1) is 18.2 Å². The van der Waals surface area contributed by atoms with Gasteiger partial charge in [-0.15, -0.1) is 0 Å². The Morgan fingerprint density at radius 2 is 1.57 bits per heavy atom. The summed E-state index contributed by atoms with van der Waals surface area (Å²) in [4.78, 5) is 82.0. The molecule has 1 saturated carbocycles. The molecule has 13 nitrogen and oxygen atoms in total. The number of likely N-dealkylation sites (tertiary alicyclic amines) is 1. The van der Waals surface area contributed by atoms with Crippen LogP contribution < -0.4 is 16.0 Å². The van der Waals surface area contributed by atoms with E-state index >= 15 is 0 Å². The predicted octanol–water partition coefficient (Wildman–Crippen LogP) is 2.67. The smallest absolute Gasteiger partial charge is 0.408 e. The van der Waals surface area contributed by atoms with E-state index in [1.54, 1.807) is 79.7 Å². The summed E-state index contributed by atoms with van der Waals surface area (Å²) < 4.78 is 10.7. The second kappa shape index (κ2) is 17.1. The molecule has 2 aliphatic rings. The molecule has 0 bridgehead atoms. The molecule has 2 fully saturated rings. The van der Waals surface area contributed by atoms with E-state index in [0.717, 1.165) is 5.56 Å². The van der Waals surface area contributed by atoms with E-state index in [9.17, 15) is 33.9 Å². The minimum Gasteiger partial charge on any atom is -0.458 e. The maximum atomic E-state index is 14.1. The Balaban J connectivity index is 1.83. The van der Waals surface area contributed by atoms with Crippen LogP contribution in [0.5, 0.6) is 0 Å². The number of alkyl carbamates (subject to hydrolysis) is 1. The van der Waals surface area contributed by atoms with Gasteiger partial charge in [0.1, 0.15) is 23.7 Å². The van der Waals surface area contributed by atoms with Crippen molar-refractivity contribution in [3.05, 3.63) is 35.9 Å². The molecule has 2 unspecified atom stereocenters. The largest absolute Gasteiger partial charge is 0.458 e. The van der Waals surface area contributed by atoms with Crippen LogP contribution >= 0.6 is 0 Å². The van der Waals surface area contributed by atoms with Crippen molar-refractivity contribution in [2.75, 3.05) is 6.54 Å². The molecular weight excluding hydrogens is 632 g/mol. The Hall–Kier alpha value is -4.00. The van der Waals surface area contributed by atoms with Gasteiger partial charge in [0.2, 0.25) is 17.6 Å². The maximum absolute atomic E-state index is 14.1. The van der Waals surface area contributed by atoms with Crippen molar-refractivity contribution in [1.29, 1.82) is 0 Å². The second-order valence-electron chi connectivity index (χ2n) is 14.7. The van der Waals surface area contributed by atoms with Gasteiger partial charge >= 0.3 is 12.1 Å². The van der Waals surface area contributed by atoms with E-state index in [4.69, 9.17) is 9.47 Å². The topological polar surface area (TPSA) is 180 Å². The third kappa shape index (κ3) is 10.7. The van der Waals surface area contributed by atoms with Crippen molar-refractivity contribution in [1.82, 2.24) is 20.9 Å². The molecule has 1 aliphatic heterocycles. The first-order valence-corrected chi connectivity index (χ1v) is 17.3. The molecule has 3 rings (SSSR count). The van der Waals surface area contributed by atoms with E-state index in [2.05, 4.69) is 16.0 Å².